The van der Waals surface area contributed by atoms with Crippen LogP contribution in [0.4, 0.5) is 4.79 Å². The lowest BCUT2D eigenvalue weighted by atomic mass is 10.1. The van der Waals surface area contributed by atoms with Crippen molar-refractivity contribution >= 4 is 27.7 Å². The number of hydrogen-bond acceptors (Lipinski definition) is 2. The minimum Gasteiger partial charge on any atom is -0.350 e. The topological polar surface area (TPSA) is 67.5 Å². The molecule has 1 aromatic rings. The highest BCUT2D eigenvalue weighted by Gasteiger charge is 2.00. The first-order valence-electron chi connectivity index (χ1n) is 3.97. The van der Waals surface area contributed by atoms with E-state index >= 15 is 0 Å². The molecule has 74 valence electrons. The van der Waals surface area contributed by atoms with Gasteiger partial charge in [0.1, 0.15) is 0 Å². The Morgan fingerprint density at radius 3 is 2.57 bits per heavy atom. The molecule has 0 aliphatic carbocycles. The van der Waals surface area contributed by atoms with Crippen molar-refractivity contribution in [1.82, 2.24) is 5.43 Å². The van der Waals surface area contributed by atoms with Crippen LogP contribution in [-0.2, 0) is 0 Å². The van der Waals surface area contributed by atoms with Crippen molar-refractivity contribution in [2.75, 3.05) is 5.33 Å². The lowest BCUT2D eigenvalue weighted by Gasteiger charge is -2.02. The summed E-state index contributed by atoms with van der Waals surface area (Å²) in [6.45, 7) is 0. The Morgan fingerprint density at radius 1 is 1.43 bits per heavy atom. The van der Waals surface area contributed by atoms with Crippen LogP contribution in [0.5, 0.6) is 0 Å². The van der Waals surface area contributed by atoms with E-state index in [1.54, 1.807) is 0 Å². The number of nitrogens with zero attached hydrogens (tertiary/aromatic N) is 1. The molecule has 1 aromatic carbocycles. The minimum atomic E-state index is -0.667. The summed E-state index contributed by atoms with van der Waals surface area (Å²) in [6, 6.07) is 8.86. The SMILES string of the molecule is NC(=O)N/N=C(/CBr)c1ccccc1. The van der Waals surface area contributed by atoms with Crippen LogP contribution in [0.15, 0.2) is 35.4 Å². The largest absolute Gasteiger partial charge is 0.350 e. The van der Waals surface area contributed by atoms with Gasteiger partial charge in [0.05, 0.1) is 5.71 Å². The van der Waals surface area contributed by atoms with Gasteiger partial charge >= 0.3 is 6.03 Å². The Balaban J connectivity index is 2.82. The van der Waals surface area contributed by atoms with Gasteiger partial charge in [0.2, 0.25) is 0 Å². The molecule has 0 fully saturated rings. The molecule has 0 spiro atoms. The molecule has 1 rings (SSSR count). The monoisotopic (exact) mass is 255 g/mol. The number of hydrogen-bond donors (Lipinski definition) is 2. The second-order valence-electron chi connectivity index (χ2n) is 2.53. The predicted octanol–water partition coefficient (Wildman–Crippen LogP) is 1.45. The fourth-order valence-electron chi connectivity index (χ4n) is 0.925. The molecule has 0 radical (unpaired) electrons. The summed E-state index contributed by atoms with van der Waals surface area (Å²) in [4.78, 5) is 10.4. The summed E-state index contributed by atoms with van der Waals surface area (Å²) < 4.78 is 0. The second-order valence-corrected chi connectivity index (χ2v) is 3.09. The number of nitrogens with one attached hydrogen (secondary N) is 1. The highest BCUT2D eigenvalue weighted by atomic mass is 79.9. The van der Waals surface area contributed by atoms with Crippen molar-refractivity contribution in [3.8, 4) is 0 Å². The standard InChI is InChI=1S/C9H10BrN3O/c10-6-8(12-13-9(11)14)7-4-2-1-3-5-7/h1-5H,6H2,(H3,11,13,14)/b12-8-. The quantitative estimate of drug-likeness (QED) is 0.479. The van der Waals surface area contributed by atoms with Gasteiger partial charge in [-0.1, -0.05) is 46.3 Å². The molecular weight excluding hydrogens is 246 g/mol. The zero-order valence-electron chi connectivity index (χ0n) is 7.40. The smallest absolute Gasteiger partial charge is 0.332 e. The van der Waals surface area contributed by atoms with Gasteiger partial charge < -0.3 is 5.73 Å². The van der Waals surface area contributed by atoms with E-state index in [9.17, 15) is 4.79 Å². The van der Waals surface area contributed by atoms with Gasteiger partial charge in [-0.05, 0) is 5.56 Å². The Labute approximate surface area is 90.3 Å². The highest BCUT2D eigenvalue weighted by molar-refractivity contribution is 9.09. The van der Waals surface area contributed by atoms with Gasteiger partial charge in [0, 0.05) is 5.33 Å². The molecule has 0 heterocycles. The van der Waals surface area contributed by atoms with Crippen LogP contribution in [0.1, 0.15) is 5.56 Å². The summed E-state index contributed by atoms with van der Waals surface area (Å²) in [6.07, 6.45) is 0. The van der Waals surface area contributed by atoms with Crippen molar-refractivity contribution in [2.45, 2.75) is 0 Å². The first-order chi connectivity index (χ1) is 6.74. The average Bonchev–Trinajstić information content (AvgIpc) is 2.20. The van der Waals surface area contributed by atoms with Crippen molar-refractivity contribution < 1.29 is 4.79 Å². The maximum absolute atomic E-state index is 10.4. The molecule has 14 heavy (non-hydrogen) atoms. The third-order valence-electron chi connectivity index (χ3n) is 1.53. The third-order valence-corrected chi connectivity index (χ3v) is 2.07. The first kappa shape index (κ1) is 10.7. The fraction of sp³-hybridized carbons (Fsp3) is 0.111. The van der Waals surface area contributed by atoms with Gasteiger partial charge in [-0.2, -0.15) is 5.10 Å². The zero-order chi connectivity index (χ0) is 10.4. The van der Waals surface area contributed by atoms with Crippen LogP contribution in [-0.4, -0.2) is 17.1 Å². The van der Waals surface area contributed by atoms with Crippen LogP contribution in [0.25, 0.3) is 0 Å². The van der Waals surface area contributed by atoms with Gasteiger partial charge in [-0.15, -0.1) is 0 Å². The molecule has 0 aliphatic heterocycles. The van der Waals surface area contributed by atoms with E-state index in [1.807, 2.05) is 30.3 Å². The minimum absolute atomic E-state index is 0.553. The normalized spacial score (nSPS) is 11.1. The summed E-state index contributed by atoms with van der Waals surface area (Å²) in [7, 11) is 0. The number of carbonyl (C=O) groups excluding carboxylic acids is 1. The number of primary amides is 1. The van der Waals surface area contributed by atoms with E-state index in [-0.39, 0.29) is 0 Å². The number of alkyl halides is 1. The molecule has 0 aliphatic rings. The maximum Gasteiger partial charge on any atom is 0.332 e. The highest BCUT2D eigenvalue weighted by Crippen LogP contribution is 2.02. The van der Waals surface area contributed by atoms with Crippen molar-refractivity contribution in [3.05, 3.63) is 35.9 Å². The Morgan fingerprint density at radius 2 is 2.07 bits per heavy atom. The number of benzene rings is 1. The molecule has 0 aromatic heterocycles. The lowest BCUT2D eigenvalue weighted by Crippen LogP contribution is -2.26. The second kappa shape index (κ2) is 5.39. The molecule has 0 unspecified atom stereocenters. The van der Waals surface area contributed by atoms with Crippen LogP contribution < -0.4 is 11.2 Å². The number of amides is 2. The Hall–Kier alpha value is -1.36. The van der Waals surface area contributed by atoms with E-state index in [0.717, 1.165) is 11.3 Å². The number of hydrazone groups is 1. The van der Waals surface area contributed by atoms with Crippen molar-refractivity contribution in [2.24, 2.45) is 10.8 Å². The molecule has 0 saturated heterocycles. The van der Waals surface area contributed by atoms with E-state index < -0.39 is 6.03 Å². The van der Waals surface area contributed by atoms with Gasteiger partial charge in [-0.3, -0.25) is 0 Å². The van der Waals surface area contributed by atoms with Crippen LogP contribution >= 0.6 is 15.9 Å². The summed E-state index contributed by atoms with van der Waals surface area (Å²) in [5.41, 5.74) is 8.76. The van der Waals surface area contributed by atoms with Crippen LogP contribution in [0, 0.1) is 0 Å². The molecular formula is C9H10BrN3O. The third kappa shape index (κ3) is 3.18. The molecule has 0 atom stereocenters. The number of nitrogens with two attached hydrogens (primary N) is 1. The number of urea groups is 1. The number of carbonyl (C=O) groups is 1. The van der Waals surface area contributed by atoms with Crippen LogP contribution in [0.2, 0.25) is 0 Å². The molecule has 4 nitrogen and oxygen atoms in total. The summed E-state index contributed by atoms with van der Waals surface area (Å²) in [5, 5.41) is 4.41. The average molecular weight is 256 g/mol. The Bertz CT molecular complexity index is 337. The zero-order valence-corrected chi connectivity index (χ0v) is 8.99. The Kier molecular flexibility index (Phi) is 4.12. The van der Waals surface area contributed by atoms with E-state index in [1.165, 1.54) is 0 Å². The lowest BCUT2D eigenvalue weighted by molar-refractivity contribution is 0.249. The first-order valence-corrected chi connectivity index (χ1v) is 5.09. The molecule has 0 saturated carbocycles. The van der Waals surface area contributed by atoms with Crippen molar-refractivity contribution in [1.29, 1.82) is 0 Å². The predicted molar refractivity (Wildman–Crippen MR) is 59.5 cm³/mol. The van der Waals surface area contributed by atoms with E-state index in [4.69, 9.17) is 5.73 Å². The summed E-state index contributed by atoms with van der Waals surface area (Å²) in [5.74, 6) is 0. The molecule has 5 heteroatoms. The van der Waals surface area contributed by atoms with Crippen molar-refractivity contribution in [3.63, 3.8) is 0 Å². The maximum atomic E-state index is 10.4. The van der Waals surface area contributed by atoms with E-state index in [0.29, 0.717) is 5.33 Å². The fourth-order valence-corrected chi connectivity index (χ4v) is 1.37. The molecule has 0 bridgehead atoms. The number of rotatable bonds is 3. The molecule has 3 N–H and O–H groups in total. The van der Waals surface area contributed by atoms with Gasteiger partial charge in [-0.25, -0.2) is 10.2 Å². The summed E-state index contributed by atoms with van der Waals surface area (Å²) >= 11 is 3.28. The van der Waals surface area contributed by atoms with E-state index in [2.05, 4.69) is 26.5 Å². The van der Waals surface area contributed by atoms with Gasteiger partial charge in [0.15, 0.2) is 0 Å². The number of halogens is 1. The van der Waals surface area contributed by atoms with Gasteiger partial charge in [0.25, 0.3) is 0 Å². The van der Waals surface area contributed by atoms with Crippen LogP contribution in [0.3, 0.4) is 0 Å². The molecule has 2 amide bonds.